The molecule has 0 saturated heterocycles. The molecular weight excluding hydrogens is 230 g/mol. The standard InChI is InChI=1S/C13H17N3O2/c1-3-12-11(4-5-18-12)13(16-14)9-6-10(17-2)8-15-7-9/h4-8,13,16H,3,14H2,1-2H3. The first-order valence-corrected chi connectivity index (χ1v) is 5.81. The molecule has 1 unspecified atom stereocenters. The van der Waals surface area contributed by atoms with Gasteiger partial charge in [-0.2, -0.15) is 0 Å². The number of furan rings is 1. The van der Waals surface area contributed by atoms with Gasteiger partial charge in [0, 0.05) is 18.2 Å². The first-order valence-electron chi connectivity index (χ1n) is 5.81. The minimum absolute atomic E-state index is 0.152. The molecular formula is C13H17N3O2. The Balaban J connectivity index is 2.38. The summed E-state index contributed by atoms with van der Waals surface area (Å²) in [7, 11) is 1.61. The van der Waals surface area contributed by atoms with E-state index in [4.69, 9.17) is 15.0 Å². The molecule has 18 heavy (non-hydrogen) atoms. The predicted molar refractivity (Wildman–Crippen MR) is 68.0 cm³/mol. The second-order valence-corrected chi connectivity index (χ2v) is 3.91. The van der Waals surface area contributed by atoms with Crippen molar-refractivity contribution in [3.8, 4) is 5.75 Å². The number of rotatable bonds is 5. The van der Waals surface area contributed by atoms with Crippen molar-refractivity contribution in [2.45, 2.75) is 19.4 Å². The minimum Gasteiger partial charge on any atom is -0.495 e. The van der Waals surface area contributed by atoms with Crippen LogP contribution >= 0.6 is 0 Å². The number of hydrazine groups is 1. The number of nitrogens with two attached hydrogens (primary N) is 1. The van der Waals surface area contributed by atoms with Crippen LogP contribution in [0, 0.1) is 0 Å². The summed E-state index contributed by atoms with van der Waals surface area (Å²) in [4.78, 5) is 4.14. The number of pyridine rings is 1. The summed E-state index contributed by atoms with van der Waals surface area (Å²) >= 11 is 0. The Morgan fingerprint density at radius 3 is 3.00 bits per heavy atom. The SMILES string of the molecule is CCc1occc1C(NN)c1cncc(OC)c1. The lowest BCUT2D eigenvalue weighted by Gasteiger charge is -2.16. The molecule has 0 aromatic carbocycles. The van der Waals surface area contributed by atoms with Crippen LogP contribution in [0.2, 0.25) is 0 Å². The molecule has 2 rings (SSSR count). The summed E-state index contributed by atoms with van der Waals surface area (Å²) < 4.78 is 10.6. The van der Waals surface area contributed by atoms with Gasteiger partial charge in [-0.15, -0.1) is 0 Å². The van der Waals surface area contributed by atoms with Gasteiger partial charge in [-0.25, -0.2) is 5.43 Å². The van der Waals surface area contributed by atoms with E-state index >= 15 is 0 Å². The monoisotopic (exact) mass is 247 g/mol. The average Bonchev–Trinajstić information content (AvgIpc) is 2.88. The maximum atomic E-state index is 5.65. The third-order valence-corrected chi connectivity index (χ3v) is 2.88. The van der Waals surface area contributed by atoms with Gasteiger partial charge in [0.1, 0.15) is 11.5 Å². The van der Waals surface area contributed by atoms with Crippen LogP contribution in [0.4, 0.5) is 0 Å². The highest BCUT2D eigenvalue weighted by Crippen LogP contribution is 2.27. The van der Waals surface area contributed by atoms with Crippen LogP contribution in [0.5, 0.6) is 5.75 Å². The molecule has 1 atom stereocenters. The summed E-state index contributed by atoms with van der Waals surface area (Å²) in [5.41, 5.74) is 4.75. The van der Waals surface area contributed by atoms with Crippen molar-refractivity contribution < 1.29 is 9.15 Å². The predicted octanol–water partition coefficient (Wildman–Crippen LogP) is 1.80. The van der Waals surface area contributed by atoms with Crippen molar-refractivity contribution in [1.29, 1.82) is 0 Å². The summed E-state index contributed by atoms with van der Waals surface area (Å²) in [6.07, 6.45) is 5.91. The smallest absolute Gasteiger partial charge is 0.137 e. The van der Waals surface area contributed by atoms with Gasteiger partial charge >= 0.3 is 0 Å². The zero-order valence-corrected chi connectivity index (χ0v) is 10.5. The number of methoxy groups -OCH3 is 1. The largest absolute Gasteiger partial charge is 0.495 e. The van der Waals surface area contributed by atoms with Gasteiger partial charge in [0.15, 0.2) is 0 Å². The molecule has 2 aromatic rings. The number of ether oxygens (including phenoxy) is 1. The van der Waals surface area contributed by atoms with Crippen LogP contribution in [0.25, 0.3) is 0 Å². The van der Waals surface area contributed by atoms with Crippen molar-refractivity contribution in [2.75, 3.05) is 7.11 Å². The molecule has 0 aliphatic rings. The molecule has 0 aliphatic heterocycles. The van der Waals surface area contributed by atoms with Crippen LogP contribution in [0.1, 0.15) is 29.9 Å². The highest BCUT2D eigenvalue weighted by molar-refractivity contribution is 5.35. The van der Waals surface area contributed by atoms with E-state index in [1.54, 1.807) is 25.8 Å². The zero-order valence-electron chi connectivity index (χ0n) is 10.5. The lowest BCUT2D eigenvalue weighted by Crippen LogP contribution is -2.29. The van der Waals surface area contributed by atoms with Crippen LogP contribution in [-0.4, -0.2) is 12.1 Å². The summed E-state index contributed by atoms with van der Waals surface area (Å²) in [6, 6.07) is 3.67. The van der Waals surface area contributed by atoms with Gasteiger partial charge in [-0.1, -0.05) is 6.92 Å². The Morgan fingerprint density at radius 2 is 2.33 bits per heavy atom. The molecule has 0 amide bonds. The fourth-order valence-electron chi connectivity index (χ4n) is 1.97. The van der Waals surface area contributed by atoms with E-state index in [-0.39, 0.29) is 6.04 Å². The van der Waals surface area contributed by atoms with Crippen molar-refractivity contribution in [1.82, 2.24) is 10.4 Å². The molecule has 2 aromatic heterocycles. The Morgan fingerprint density at radius 1 is 1.50 bits per heavy atom. The molecule has 2 heterocycles. The quantitative estimate of drug-likeness (QED) is 0.622. The minimum atomic E-state index is -0.152. The average molecular weight is 247 g/mol. The number of nitrogens with zero attached hydrogens (tertiary/aromatic N) is 1. The van der Waals surface area contributed by atoms with E-state index in [0.29, 0.717) is 5.75 Å². The molecule has 3 N–H and O–H groups in total. The van der Waals surface area contributed by atoms with Crippen molar-refractivity contribution >= 4 is 0 Å². The van der Waals surface area contributed by atoms with E-state index in [1.807, 2.05) is 19.1 Å². The third-order valence-electron chi connectivity index (χ3n) is 2.88. The second kappa shape index (κ2) is 5.66. The maximum absolute atomic E-state index is 5.65. The molecule has 5 heteroatoms. The Kier molecular flexibility index (Phi) is 3.96. The molecule has 0 spiro atoms. The Bertz CT molecular complexity index is 510. The number of hydrogen-bond acceptors (Lipinski definition) is 5. The zero-order chi connectivity index (χ0) is 13.0. The number of nitrogens with one attached hydrogen (secondary N) is 1. The lowest BCUT2D eigenvalue weighted by molar-refractivity contribution is 0.411. The van der Waals surface area contributed by atoms with Gasteiger partial charge in [0.05, 0.1) is 25.6 Å². The van der Waals surface area contributed by atoms with E-state index in [2.05, 4.69) is 10.4 Å². The van der Waals surface area contributed by atoms with Crippen LogP contribution < -0.4 is 16.0 Å². The molecule has 0 saturated carbocycles. The van der Waals surface area contributed by atoms with Gasteiger partial charge in [-0.05, 0) is 17.7 Å². The van der Waals surface area contributed by atoms with Gasteiger partial charge in [-0.3, -0.25) is 10.8 Å². The Labute approximate surface area is 106 Å². The topological polar surface area (TPSA) is 73.3 Å². The summed E-state index contributed by atoms with van der Waals surface area (Å²) in [6.45, 7) is 2.04. The van der Waals surface area contributed by atoms with Crippen LogP contribution in [0.3, 0.4) is 0 Å². The molecule has 96 valence electrons. The van der Waals surface area contributed by atoms with E-state index in [0.717, 1.165) is 23.3 Å². The van der Waals surface area contributed by atoms with Crippen molar-refractivity contribution in [3.63, 3.8) is 0 Å². The molecule has 0 aliphatic carbocycles. The normalized spacial score (nSPS) is 12.4. The lowest BCUT2D eigenvalue weighted by atomic mass is 10.0. The number of aromatic nitrogens is 1. The van der Waals surface area contributed by atoms with Gasteiger partial charge < -0.3 is 9.15 Å². The van der Waals surface area contributed by atoms with Crippen LogP contribution in [0.15, 0.2) is 35.2 Å². The van der Waals surface area contributed by atoms with Crippen molar-refractivity contribution in [3.05, 3.63) is 47.7 Å². The van der Waals surface area contributed by atoms with Gasteiger partial charge in [0.2, 0.25) is 0 Å². The fraction of sp³-hybridized carbons (Fsp3) is 0.308. The van der Waals surface area contributed by atoms with E-state index < -0.39 is 0 Å². The molecule has 5 nitrogen and oxygen atoms in total. The second-order valence-electron chi connectivity index (χ2n) is 3.91. The van der Waals surface area contributed by atoms with Crippen LogP contribution in [-0.2, 0) is 6.42 Å². The fourth-order valence-corrected chi connectivity index (χ4v) is 1.97. The van der Waals surface area contributed by atoms with E-state index in [1.165, 1.54) is 0 Å². The summed E-state index contributed by atoms with van der Waals surface area (Å²) in [5.74, 6) is 7.27. The Hall–Kier alpha value is -1.85. The third kappa shape index (κ3) is 2.37. The molecule has 0 fully saturated rings. The molecule has 0 radical (unpaired) electrons. The van der Waals surface area contributed by atoms with Crippen molar-refractivity contribution in [2.24, 2.45) is 5.84 Å². The summed E-state index contributed by atoms with van der Waals surface area (Å²) in [5, 5.41) is 0. The first kappa shape index (κ1) is 12.6. The highest BCUT2D eigenvalue weighted by atomic mass is 16.5. The molecule has 0 bridgehead atoms. The van der Waals surface area contributed by atoms with E-state index in [9.17, 15) is 0 Å². The highest BCUT2D eigenvalue weighted by Gasteiger charge is 2.18. The van der Waals surface area contributed by atoms with Gasteiger partial charge in [0.25, 0.3) is 0 Å². The number of aryl methyl sites for hydroxylation is 1. The maximum Gasteiger partial charge on any atom is 0.137 e. The first-order chi connectivity index (χ1) is 8.80. The number of hydrogen-bond donors (Lipinski definition) is 2.